The van der Waals surface area contributed by atoms with Crippen molar-refractivity contribution in [2.45, 2.75) is 45.8 Å². The topological polar surface area (TPSA) is 47.3 Å². The second-order valence-corrected chi connectivity index (χ2v) is 4.86. The summed E-state index contributed by atoms with van der Waals surface area (Å²) in [7, 11) is 0. The Morgan fingerprint density at radius 2 is 2.29 bits per heavy atom. The van der Waals surface area contributed by atoms with Crippen molar-refractivity contribution in [1.82, 2.24) is 4.90 Å². The summed E-state index contributed by atoms with van der Waals surface area (Å²) in [4.78, 5) is 2.24. The van der Waals surface area contributed by atoms with E-state index >= 15 is 0 Å². The Kier molecular flexibility index (Phi) is 3.52. The molecule has 0 aliphatic carbocycles. The van der Waals surface area contributed by atoms with Gasteiger partial charge < -0.3 is 5.11 Å². The lowest BCUT2D eigenvalue weighted by atomic mass is 9.90. The minimum Gasteiger partial charge on any atom is -0.391 e. The van der Waals surface area contributed by atoms with Crippen LogP contribution in [-0.2, 0) is 0 Å². The van der Waals surface area contributed by atoms with Gasteiger partial charge in [0.2, 0.25) is 0 Å². The van der Waals surface area contributed by atoms with E-state index in [2.05, 4.69) is 31.7 Å². The SMILES string of the molecule is CCC(CC#N)N1CC(O)C(C)(C)C1. The van der Waals surface area contributed by atoms with Crippen LogP contribution in [0.2, 0.25) is 0 Å². The van der Waals surface area contributed by atoms with E-state index < -0.39 is 0 Å². The van der Waals surface area contributed by atoms with Gasteiger partial charge >= 0.3 is 0 Å². The van der Waals surface area contributed by atoms with Gasteiger partial charge in [-0.25, -0.2) is 0 Å². The second-order valence-electron chi connectivity index (χ2n) is 4.86. The number of aliphatic hydroxyl groups excluding tert-OH is 1. The molecule has 1 aliphatic heterocycles. The molecule has 0 amide bonds. The Balaban J connectivity index is 2.60. The average Bonchev–Trinajstić information content (AvgIpc) is 2.37. The van der Waals surface area contributed by atoms with E-state index in [1.54, 1.807) is 0 Å². The summed E-state index contributed by atoms with van der Waals surface area (Å²) >= 11 is 0. The predicted molar refractivity (Wildman–Crippen MR) is 55.7 cm³/mol. The van der Waals surface area contributed by atoms with Crippen LogP contribution in [0.3, 0.4) is 0 Å². The van der Waals surface area contributed by atoms with Crippen LogP contribution in [0.25, 0.3) is 0 Å². The van der Waals surface area contributed by atoms with Crippen LogP contribution in [0.4, 0.5) is 0 Å². The summed E-state index contributed by atoms with van der Waals surface area (Å²) in [6.45, 7) is 7.87. The average molecular weight is 196 g/mol. The third kappa shape index (κ3) is 2.26. The minimum absolute atomic E-state index is 0.0249. The van der Waals surface area contributed by atoms with Gasteiger partial charge in [-0.1, -0.05) is 20.8 Å². The molecule has 0 spiro atoms. The van der Waals surface area contributed by atoms with Crippen molar-refractivity contribution in [1.29, 1.82) is 5.26 Å². The monoisotopic (exact) mass is 196 g/mol. The summed E-state index contributed by atoms with van der Waals surface area (Å²) in [5.74, 6) is 0. The van der Waals surface area contributed by atoms with Crippen LogP contribution in [0.5, 0.6) is 0 Å². The first kappa shape index (κ1) is 11.5. The van der Waals surface area contributed by atoms with Crippen LogP contribution in [0.15, 0.2) is 0 Å². The molecule has 3 nitrogen and oxygen atoms in total. The molecule has 14 heavy (non-hydrogen) atoms. The van der Waals surface area contributed by atoms with Gasteiger partial charge in [-0.05, 0) is 6.42 Å². The molecule has 2 unspecified atom stereocenters. The summed E-state index contributed by atoms with van der Waals surface area (Å²) in [6, 6.07) is 2.53. The normalized spacial score (nSPS) is 28.6. The number of hydrogen-bond acceptors (Lipinski definition) is 3. The third-order valence-corrected chi connectivity index (χ3v) is 3.23. The molecular formula is C11H20N2O. The molecule has 0 aromatic rings. The minimum atomic E-state index is -0.254. The van der Waals surface area contributed by atoms with Crippen molar-refractivity contribution in [2.24, 2.45) is 5.41 Å². The van der Waals surface area contributed by atoms with Crippen LogP contribution >= 0.6 is 0 Å². The van der Waals surface area contributed by atoms with Gasteiger partial charge in [0.1, 0.15) is 0 Å². The maximum Gasteiger partial charge on any atom is 0.0730 e. The largest absolute Gasteiger partial charge is 0.391 e. The maximum absolute atomic E-state index is 9.82. The van der Waals surface area contributed by atoms with Crippen LogP contribution in [0.1, 0.15) is 33.6 Å². The lowest BCUT2D eigenvalue weighted by Crippen LogP contribution is -2.33. The molecule has 1 aliphatic rings. The van der Waals surface area contributed by atoms with Gasteiger partial charge in [-0.3, -0.25) is 4.90 Å². The molecule has 1 saturated heterocycles. The van der Waals surface area contributed by atoms with Crippen molar-refractivity contribution >= 4 is 0 Å². The molecule has 0 aromatic carbocycles. The standard InChI is InChI=1S/C11H20N2O/c1-4-9(5-6-12)13-7-10(14)11(2,3)8-13/h9-10,14H,4-5,7-8H2,1-3H3. The first-order valence-corrected chi connectivity index (χ1v) is 5.30. The van der Waals surface area contributed by atoms with E-state index in [9.17, 15) is 5.11 Å². The highest BCUT2D eigenvalue weighted by molar-refractivity contribution is 4.95. The predicted octanol–water partition coefficient (Wildman–Crippen LogP) is 1.38. The Bertz CT molecular complexity index is 232. The molecule has 1 rings (SSSR count). The second kappa shape index (κ2) is 4.29. The van der Waals surface area contributed by atoms with E-state index in [1.807, 2.05) is 0 Å². The van der Waals surface area contributed by atoms with E-state index in [0.717, 1.165) is 13.0 Å². The van der Waals surface area contributed by atoms with E-state index in [1.165, 1.54) is 0 Å². The van der Waals surface area contributed by atoms with Gasteiger partial charge in [0.05, 0.1) is 18.6 Å². The van der Waals surface area contributed by atoms with E-state index in [4.69, 9.17) is 5.26 Å². The van der Waals surface area contributed by atoms with E-state index in [0.29, 0.717) is 19.0 Å². The van der Waals surface area contributed by atoms with Crippen molar-refractivity contribution in [2.75, 3.05) is 13.1 Å². The molecule has 1 N–H and O–H groups in total. The van der Waals surface area contributed by atoms with Crippen LogP contribution in [0, 0.1) is 16.7 Å². The highest BCUT2D eigenvalue weighted by atomic mass is 16.3. The van der Waals surface area contributed by atoms with Gasteiger partial charge in [0.25, 0.3) is 0 Å². The summed E-state index contributed by atoms with van der Waals surface area (Å²) in [6.07, 6.45) is 1.30. The molecule has 80 valence electrons. The Morgan fingerprint density at radius 1 is 1.64 bits per heavy atom. The molecule has 3 heteroatoms. The number of likely N-dealkylation sites (tertiary alicyclic amines) is 1. The van der Waals surface area contributed by atoms with Crippen molar-refractivity contribution in [3.05, 3.63) is 0 Å². The zero-order valence-electron chi connectivity index (χ0n) is 9.32. The number of hydrogen-bond donors (Lipinski definition) is 1. The van der Waals surface area contributed by atoms with Gasteiger partial charge in [0.15, 0.2) is 0 Å². The summed E-state index contributed by atoms with van der Waals surface area (Å²) < 4.78 is 0. The van der Waals surface area contributed by atoms with Crippen LogP contribution in [-0.4, -0.2) is 35.2 Å². The Morgan fingerprint density at radius 3 is 2.64 bits per heavy atom. The molecule has 0 saturated carbocycles. The first-order chi connectivity index (χ1) is 6.51. The van der Waals surface area contributed by atoms with Crippen molar-refractivity contribution in [3.8, 4) is 6.07 Å². The smallest absolute Gasteiger partial charge is 0.0730 e. The third-order valence-electron chi connectivity index (χ3n) is 3.23. The Hall–Kier alpha value is -0.590. The van der Waals surface area contributed by atoms with Crippen molar-refractivity contribution < 1.29 is 5.11 Å². The molecule has 1 heterocycles. The van der Waals surface area contributed by atoms with Crippen LogP contribution < -0.4 is 0 Å². The quantitative estimate of drug-likeness (QED) is 0.742. The number of nitrogens with zero attached hydrogens (tertiary/aromatic N) is 2. The molecule has 1 fully saturated rings. The summed E-state index contributed by atoms with van der Waals surface area (Å²) in [5.41, 5.74) is -0.0249. The van der Waals surface area contributed by atoms with E-state index in [-0.39, 0.29) is 11.5 Å². The fourth-order valence-electron chi connectivity index (χ4n) is 2.08. The Labute approximate surface area is 86.3 Å². The zero-order valence-corrected chi connectivity index (χ0v) is 9.32. The molecule has 0 aromatic heterocycles. The molecular weight excluding hydrogens is 176 g/mol. The van der Waals surface area contributed by atoms with Crippen molar-refractivity contribution in [3.63, 3.8) is 0 Å². The fourth-order valence-corrected chi connectivity index (χ4v) is 2.08. The summed E-state index contributed by atoms with van der Waals surface area (Å²) in [5, 5.41) is 18.5. The lowest BCUT2D eigenvalue weighted by Gasteiger charge is -2.25. The first-order valence-electron chi connectivity index (χ1n) is 5.30. The van der Waals surface area contributed by atoms with Gasteiger partial charge in [0, 0.05) is 24.5 Å². The number of nitriles is 1. The van der Waals surface area contributed by atoms with Gasteiger partial charge in [-0.15, -0.1) is 0 Å². The number of rotatable bonds is 3. The fraction of sp³-hybridized carbons (Fsp3) is 0.909. The highest BCUT2D eigenvalue weighted by Crippen LogP contribution is 2.31. The lowest BCUT2D eigenvalue weighted by molar-refractivity contribution is 0.0949. The molecule has 0 radical (unpaired) electrons. The molecule has 0 bridgehead atoms. The maximum atomic E-state index is 9.82. The number of β-amino-alcohol motifs (C(OH)–C–C–N with tert-alkyl or cyclic N) is 1. The zero-order chi connectivity index (χ0) is 10.8. The van der Waals surface area contributed by atoms with Gasteiger partial charge in [-0.2, -0.15) is 5.26 Å². The highest BCUT2D eigenvalue weighted by Gasteiger charge is 2.40. The molecule has 2 atom stereocenters. The number of aliphatic hydroxyl groups is 1.